The number of carbonyl (C=O) groups excluding carboxylic acids is 4. The molecule has 0 spiro atoms. The number of nitrogens with one attached hydrogen (secondary N) is 4. The van der Waals surface area contributed by atoms with Crippen molar-refractivity contribution in [2.45, 2.75) is 25.4 Å². The van der Waals surface area contributed by atoms with E-state index in [9.17, 15) is 19.2 Å². The molecular weight excluding hydrogens is 584 g/mol. The zero-order valence-corrected chi connectivity index (χ0v) is 24.7. The Hall–Kier alpha value is -4.70. The van der Waals surface area contributed by atoms with E-state index in [-0.39, 0.29) is 37.4 Å². The molecule has 2 aromatic carbocycles. The first kappa shape index (κ1) is 31.7. The number of anilines is 3. The average Bonchev–Trinajstić information content (AvgIpc) is 3.36. The van der Waals surface area contributed by atoms with E-state index in [0.717, 1.165) is 5.56 Å². The summed E-state index contributed by atoms with van der Waals surface area (Å²) in [6.45, 7) is 2.86. The van der Waals surface area contributed by atoms with Crippen LogP contribution in [0.4, 0.5) is 17.2 Å². The van der Waals surface area contributed by atoms with Crippen LogP contribution in [0.25, 0.3) is 10.9 Å². The predicted molar refractivity (Wildman–Crippen MR) is 163 cm³/mol. The minimum atomic E-state index is -0.685. The molecule has 0 radical (unpaired) electrons. The van der Waals surface area contributed by atoms with Gasteiger partial charge in [0.15, 0.2) is 0 Å². The van der Waals surface area contributed by atoms with Gasteiger partial charge in [-0.15, -0.1) is 0 Å². The Labute approximate surface area is 259 Å². The second kappa shape index (κ2) is 15.3. The maximum absolute atomic E-state index is 13.3. The molecule has 1 unspecified atom stereocenters. The van der Waals surface area contributed by atoms with Gasteiger partial charge in [0.1, 0.15) is 18.2 Å². The summed E-state index contributed by atoms with van der Waals surface area (Å²) in [6.07, 6.45) is 1.93. The Balaban J connectivity index is 1.16. The van der Waals surface area contributed by atoms with Crippen molar-refractivity contribution in [3.63, 3.8) is 0 Å². The lowest BCUT2D eigenvalue weighted by Crippen LogP contribution is -2.52. The minimum absolute atomic E-state index is 0.0151. The van der Waals surface area contributed by atoms with Gasteiger partial charge in [0, 0.05) is 36.4 Å². The van der Waals surface area contributed by atoms with E-state index in [1.165, 1.54) is 11.2 Å². The highest BCUT2D eigenvalue weighted by atomic mass is 16.5. The standard InChI is InChI=1S/C30H36N8O7/c31-17-45-13-12-44-11-10-43-9-8-32-26(40)15-33-22-2-1-3-23-27(22)28(35-18-34-23)36-20-5-4-19-16-38(30(42)21(19)14-20)24-6-7-25(39)37-29(24)41/h1-5,14,18,24,33H,6-13,15-17,31H2,(H,32,40)(H,34,35,36)(H,37,39,41). The molecule has 5 rings (SSSR count). The molecule has 15 heteroatoms. The van der Waals surface area contributed by atoms with Gasteiger partial charge in [-0.25, -0.2) is 9.97 Å². The van der Waals surface area contributed by atoms with E-state index < -0.39 is 11.9 Å². The molecule has 2 aliphatic rings. The first-order valence-electron chi connectivity index (χ1n) is 14.7. The van der Waals surface area contributed by atoms with Gasteiger partial charge in [-0.2, -0.15) is 0 Å². The minimum Gasteiger partial charge on any atom is -0.377 e. The van der Waals surface area contributed by atoms with Crippen molar-refractivity contribution in [3.8, 4) is 0 Å². The van der Waals surface area contributed by atoms with Crippen LogP contribution in [0.1, 0.15) is 28.8 Å². The van der Waals surface area contributed by atoms with E-state index in [1.54, 1.807) is 6.07 Å². The fourth-order valence-corrected chi connectivity index (χ4v) is 5.14. The quantitative estimate of drug-likeness (QED) is 0.0851. The molecule has 6 N–H and O–H groups in total. The van der Waals surface area contributed by atoms with Gasteiger partial charge >= 0.3 is 0 Å². The number of carbonyl (C=O) groups is 4. The third kappa shape index (κ3) is 8.07. The number of nitrogens with zero attached hydrogens (tertiary/aromatic N) is 3. The fraction of sp³-hybridized carbons (Fsp3) is 0.400. The summed E-state index contributed by atoms with van der Waals surface area (Å²) in [7, 11) is 0. The van der Waals surface area contributed by atoms with Gasteiger partial charge in [-0.1, -0.05) is 12.1 Å². The molecule has 3 aromatic rings. The van der Waals surface area contributed by atoms with Crippen molar-refractivity contribution in [2.24, 2.45) is 5.73 Å². The molecule has 45 heavy (non-hydrogen) atoms. The van der Waals surface area contributed by atoms with E-state index >= 15 is 0 Å². The number of rotatable bonds is 16. The average molecular weight is 621 g/mol. The maximum atomic E-state index is 13.3. The maximum Gasteiger partial charge on any atom is 0.255 e. The largest absolute Gasteiger partial charge is 0.377 e. The highest BCUT2D eigenvalue weighted by molar-refractivity contribution is 6.06. The highest BCUT2D eigenvalue weighted by Crippen LogP contribution is 2.33. The monoisotopic (exact) mass is 620 g/mol. The normalized spacial score (nSPS) is 16.1. The Morgan fingerprint density at radius 3 is 2.62 bits per heavy atom. The number of hydrogen-bond donors (Lipinski definition) is 5. The van der Waals surface area contributed by atoms with Crippen LogP contribution < -0.4 is 27.0 Å². The molecule has 1 aromatic heterocycles. The van der Waals surface area contributed by atoms with Gasteiger partial charge in [0.2, 0.25) is 17.7 Å². The number of aromatic nitrogens is 2. The van der Waals surface area contributed by atoms with Crippen molar-refractivity contribution < 1.29 is 33.4 Å². The number of piperidine rings is 1. The van der Waals surface area contributed by atoms with Crippen LogP contribution in [0, 0.1) is 0 Å². The van der Waals surface area contributed by atoms with Crippen molar-refractivity contribution in [2.75, 3.05) is 63.5 Å². The number of imide groups is 1. The molecule has 0 saturated carbocycles. The van der Waals surface area contributed by atoms with Gasteiger partial charge in [0.25, 0.3) is 5.91 Å². The van der Waals surface area contributed by atoms with Crippen LogP contribution in [0.5, 0.6) is 0 Å². The number of nitrogens with two attached hydrogens (primary N) is 1. The van der Waals surface area contributed by atoms with Crippen LogP contribution in [-0.4, -0.2) is 97.4 Å². The van der Waals surface area contributed by atoms with Crippen molar-refractivity contribution in [3.05, 3.63) is 53.9 Å². The van der Waals surface area contributed by atoms with Crippen LogP contribution in [-0.2, 0) is 35.1 Å². The molecule has 1 fully saturated rings. The van der Waals surface area contributed by atoms with Gasteiger partial charge in [-0.3, -0.25) is 24.5 Å². The molecule has 0 bridgehead atoms. The predicted octanol–water partition coefficient (Wildman–Crippen LogP) is 0.629. The number of amides is 4. The lowest BCUT2D eigenvalue weighted by atomic mass is 10.0. The van der Waals surface area contributed by atoms with Gasteiger partial charge in [0.05, 0.1) is 57.2 Å². The number of fused-ring (bicyclic) bond motifs is 2. The highest BCUT2D eigenvalue weighted by Gasteiger charge is 2.39. The zero-order valence-electron chi connectivity index (χ0n) is 24.7. The summed E-state index contributed by atoms with van der Waals surface area (Å²) in [6, 6.07) is 10.2. The SMILES string of the molecule is NCOCCOCCOCCNC(=O)CNc1cccc2ncnc(Nc3ccc4c(c3)C(=O)N(C3CCC(=O)NC3=O)C4)c12. The first-order valence-corrected chi connectivity index (χ1v) is 14.7. The van der Waals surface area contributed by atoms with Crippen molar-refractivity contribution >= 4 is 51.7 Å². The van der Waals surface area contributed by atoms with Crippen LogP contribution in [0.2, 0.25) is 0 Å². The van der Waals surface area contributed by atoms with Gasteiger partial charge < -0.3 is 40.8 Å². The molecule has 1 saturated heterocycles. The first-order chi connectivity index (χ1) is 21.9. The van der Waals surface area contributed by atoms with E-state index in [0.29, 0.717) is 86.2 Å². The molecule has 238 valence electrons. The Morgan fingerprint density at radius 1 is 1.02 bits per heavy atom. The van der Waals surface area contributed by atoms with Crippen LogP contribution in [0.15, 0.2) is 42.7 Å². The Morgan fingerprint density at radius 2 is 1.82 bits per heavy atom. The summed E-state index contributed by atoms with van der Waals surface area (Å²) in [5.41, 5.74) is 8.43. The molecule has 15 nitrogen and oxygen atoms in total. The molecule has 0 aliphatic carbocycles. The summed E-state index contributed by atoms with van der Waals surface area (Å²) in [4.78, 5) is 60.0. The number of benzene rings is 2. The molecule has 2 aliphatic heterocycles. The van der Waals surface area contributed by atoms with Crippen LogP contribution >= 0.6 is 0 Å². The fourth-order valence-electron chi connectivity index (χ4n) is 5.14. The third-order valence-corrected chi connectivity index (χ3v) is 7.32. The second-order valence-corrected chi connectivity index (χ2v) is 10.3. The van der Waals surface area contributed by atoms with E-state index in [4.69, 9.17) is 19.9 Å². The number of ether oxygens (including phenoxy) is 3. The molecule has 3 heterocycles. The molecule has 4 amide bonds. The third-order valence-electron chi connectivity index (χ3n) is 7.32. The summed E-state index contributed by atoms with van der Waals surface area (Å²) >= 11 is 0. The van der Waals surface area contributed by atoms with Crippen molar-refractivity contribution in [1.29, 1.82) is 0 Å². The van der Waals surface area contributed by atoms with Gasteiger partial charge in [-0.05, 0) is 36.2 Å². The Kier molecular flexibility index (Phi) is 10.8. The molecule has 1 atom stereocenters. The van der Waals surface area contributed by atoms with E-state index in [1.807, 2.05) is 30.3 Å². The second-order valence-electron chi connectivity index (χ2n) is 10.3. The van der Waals surface area contributed by atoms with Crippen LogP contribution in [0.3, 0.4) is 0 Å². The smallest absolute Gasteiger partial charge is 0.255 e. The molecular formula is C30H36N8O7. The zero-order chi connectivity index (χ0) is 31.6. The topological polar surface area (TPSA) is 199 Å². The summed E-state index contributed by atoms with van der Waals surface area (Å²) < 4.78 is 15.8. The van der Waals surface area contributed by atoms with E-state index in [2.05, 4.69) is 31.2 Å². The summed E-state index contributed by atoms with van der Waals surface area (Å²) in [5.74, 6) is -0.772. The lowest BCUT2D eigenvalue weighted by molar-refractivity contribution is -0.137. The number of hydrogen-bond acceptors (Lipinski definition) is 12. The Bertz CT molecular complexity index is 1550. The lowest BCUT2D eigenvalue weighted by Gasteiger charge is -2.29. The summed E-state index contributed by atoms with van der Waals surface area (Å²) in [5, 5.41) is 12.2. The van der Waals surface area contributed by atoms with Crippen molar-refractivity contribution in [1.82, 2.24) is 25.5 Å².